The van der Waals surface area contributed by atoms with E-state index in [0.29, 0.717) is 6.54 Å². The number of nitrogens with one attached hydrogen (secondary N) is 1. The molecule has 0 aliphatic heterocycles. The topological polar surface area (TPSA) is 39.1 Å². The van der Waals surface area contributed by atoms with Gasteiger partial charge in [0.2, 0.25) is 5.95 Å². The summed E-state index contributed by atoms with van der Waals surface area (Å²) in [6.07, 6.45) is 2.20. The fourth-order valence-electron chi connectivity index (χ4n) is 3.52. The number of aryl methyl sites for hydroxylation is 2. The molecule has 160 valence electrons. The molecule has 0 unspecified atom stereocenters. The molecule has 0 radical (unpaired) electrons. The molecule has 31 heavy (non-hydrogen) atoms. The second kappa shape index (κ2) is 9.56. The van der Waals surface area contributed by atoms with Gasteiger partial charge < -0.3 is 10.1 Å². The number of halogens is 1. The molecule has 3 aromatic carbocycles. The summed E-state index contributed by atoms with van der Waals surface area (Å²) in [5, 5.41) is 3.54. The van der Waals surface area contributed by atoms with E-state index < -0.39 is 0 Å². The summed E-state index contributed by atoms with van der Waals surface area (Å²) in [5.41, 5.74) is 6.86. The van der Waals surface area contributed by atoms with Gasteiger partial charge in [-0.15, -0.1) is 0 Å². The van der Waals surface area contributed by atoms with E-state index in [1.165, 1.54) is 16.7 Å². The van der Waals surface area contributed by atoms with E-state index in [9.17, 15) is 0 Å². The van der Waals surface area contributed by atoms with E-state index in [1.807, 2.05) is 12.1 Å². The fraction of sp³-hybridized carbons (Fsp3) is 0.269. The minimum Gasteiger partial charge on any atom is -0.494 e. The summed E-state index contributed by atoms with van der Waals surface area (Å²) in [6, 6.07) is 21.0. The first kappa shape index (κ1) is 21.4. The van der Waals surface area contributed by atoms with Crippen molar-refractivity contribution in [3.8, 4) is 11.4 Å². The van der Waals surface area contributed by atoms with Gasteiger partial charge in [0.1, 0.15) is 5.75 Å². The number of ether oxygens (including phenoxy) is 1. The molecule has 0 aliphatic rings. The Morgan fingerprint density at radius 3 is 2.39 bits per heavy atom. The Labute approximate surface area is 192 Å². The molecule has 4 rings (SSSR count). The minimum atomic E-state index is 0.701. The lowest BCUT2D eigenvalue weighted by molar-refractivity contribution is 0.309. The number of unbranched alkanes of at least 4 members (excludes halogenated alkanes) is 1. The van der Waals surface area contributed by atoms with E-state index in [2.05, 4.69) is 95.1 Å². The Balaban J connectivity index is 1.68. The van der Waals surface area contributed by atoms with Crippen molar-refractivity contribution in [3.05, 3.63) is 81.8 Å². The molecule has 4 aromatic rings. The molecular weight excluding hydrogens is 450 g/mol. The molecule has 1 aromatic heterocycles. The maximum Gasteiger partial charge on any atom is 0.208 e. The molecule has 0 aliphatic carbocycles. The molecule has 0 atom stereocenters. The molecule has 1 N–H and O–H groups in total. The van der Waals surface area contributed by atoms with E-state index >= 15 is 0 Å². The van der Waals surface area contributed by atoms with E-state index in [0.717, 1.165) is 52.3 Å². The zero-order valence-electron chi connectivity index (χ0n) is 18.3. The van der Waals surface area contributed by atoms with Gasteiger partial charge in [0.05, 0.1) is 17.6 Å². The zero-order valence-corrected chi connectivity index (χ0v) is 19.9. The van der Waals surface area contributed by atoms with Crippen molar-refractivity contribution >= 4 is 32.9 Å². The highest BCUT2D eigenvalue weighted by atomic mass is 79.9. The van der Waals surface area contributed by atoms with Gasteiger partial charge in [-0.25, -0.2) is 4.98 Å². The van der Waals surface area contributed by atoms with Crippen molar-refractivity contribution < 1.29 is 4.74 Å². The van der Waals surface area contributed by atoms with Gasteiger partial charge >= 0.3 is 0 Å². The van der Waals surface area contributed by atoms with Crippen LogP contribution in [0, 0.1) is 13.8 Å². The second-order valence-corrected chi connectivity index (χ2v) is 8.79. The van der Waals surface area contributed by atoms with Crippen LogP contribution < -0.4 is 10.1 Å². The Kier molecular flexibility index (Phi) is 6.62. The highest BCUT2D eigenvalue weighted by Crippen LogP contribution is 2.28. The lowest BCUT2D eigenvalue weighted by Gasteiger charge is -2.13. The summed E-state index contributed by atoms with van der Waals surface area (Å²) >= 11 is 3.50. The van der Waals surface area contributed by atoms with Crippen molar-refractivity contribution in [1.29, 1.82) is 0 Å². The predicted octanol–water partition coefficient (Wildman–Crippen LogP) is 7.20. The number of hydrogen-bond donors (Lipinski definition) is 1. The average molecular weight is 478 g/mol. The number of benzene rings is 3. The van der Waals surface area contributed by atoms with Gasteiger partial charge in [-0.3, -0.25) is 4.57 Å². The first-order valence-corrected chi connectivity index (χ1v) is 11.6. The Morgan fingerprint density at radius 2 is 1.68 bits per heavy atom. The molecule has 0 bridgehead atoms. The molecular formula is C26H28BrN3O. The number of rotatable bonds is 8. The van der Waals surface area contributed by atoms with Crippen LogP contribution >= 0.6 is 15.9 Å². The number of fused-ring (bicyclic) bond motifs is 1. The van der Waals surface area contributed by atoms with Crippen LogP contribution in [0.15, 0.2) is 65.1 Å². The van der Waals surface area contributed by atoms with Crippen molar-refractivity contribution in [2.45, 2.75) is 40.2 Å². The number of imidazole rings is 1. The lowest BCUT2D eigenvalue weighted by atomic mass is 10.1. The Hall–Kier alpha value is -2.79. The van der Waals surface area contributed by atoms with Gasteiger partial charge in [0.25, 0.3) is 0 Å². The SMILES string of the molecule is CCCCOc1ccc(-n2c(NCc3ccc(Br)cc3)nc3cc(C)c(C)cc32)cc1. The molecule has 0 saturated carbocycles. The van der Waals surface area contributed by atoms with Gasteiger partial charge in [-0.05, 0) is 85.5 Å². The van der Waals surface area contributed by atoms with Gasteiger partial charge in [-0.1, -0.05) is 41.4 Å². The van der Waals surface area contributed by atoms with Gasteiger partial charge in [0.15, 0.2) is 0 Å². The van der Waals surface area contributed by atoms with Crippen LogP contribution in [0.4, 0.5) is 5.95 Å². The van der Waals surface area contributed by atoms with E-state index in [-0.39, 0.29) is 0 Å². The van der Waals surface area contributed by atoms with E-state index in [4.69, 9.17) is 9.72 Å². The quantitative estimate of drug-likeness (QED) is 0.272. The number of aromatic nitrogens is 2. The standard InChI is InChI=1S/C26H28BrN3O/c1-4-5-14-31-23-12-10-22(11-13-23)30-25-16-19(3)18(2)15-24(25)29-26(30)28-17-20-6-8-21(27)9-7-20/h6-13,15-16H,4-5,14,17H2,1-3H3,(H,28,29). The molecule has 0 spiro atoms. The monoisotopic (exact) mass is 477 g/mol. The van der Waals surface area contributed by atoms with Crippen LogP contribution in [0.25, 0.3) is 16.7 Å². The molecule has 5 heteroatoms. The second-order valence-electron chi connectivity index (χ2n) is 7.87. The molecule has 0 saturated heterocycles. The van der Waals surface area contributed by atoms with E-state index in [1.54, 1.807) is 0 Å². The first-order valence-electron chi connectivity index (χ1n) is 10.8. The number of nitrogens with zero attached hydrogens (tertiary/aromatic N) is 2. The van der Waals surface area contributed by atoms with Crippen molar-refractivity contribution in [2.24, 2.45) is 0 Å². The highest BCUT2D eigenvalue weighted by Gasteiger charge is 2.14. The van der Waals surface area contributed by atoms with Crippen LogP contribution in [0.2, 0.25) is 0 Å². The predicted molar refractivity (Wildman–Crippen MR) is 132 cm³/mol. The smallest absolute Gasteiger partial charge is 0.208 e. The molecule has 0 amide bonds. The molecule has 1 heterocycles. The number of hydrogen-bond acceptors (Lipinski definition) is 3. The van der Waals surface area contributed by atoms with Crippen molar-refractivity contribution in [3.63, 3.8) is 0 Å². The van der Waals surface area contributed by atoms with Crippen LogP contribution in [0.5, 0.6) is 5.75 Å². The van der Waals surface area contributed by atoms with Gasteiger partial charge in [-0.2, -0.15) is 0 Å². The minimum absolute atomic E-state index is 0.701. The number of anilines is 1. The zero-order chi connectivity index (χ0) is 21.8. The third-order valence-electron chi connectivity index (χ3n) is 5.50. The largest absolute Gasteiger partial charge is 0.494 e. The normalized spacial score (nSPS) is 11.1. The van der Waals surface area contributed by atoms with Crippen LogP contribution in [-0.2, 0) is 6.54 Å². The lowest BCUT2D eigenvalue weighted by Crippen LogP contribution is -2.06. The Morgan fingerprint density at radius 1 is 0.968 bits per heavy atom. The Bertz CT molecular complexity index is 1160. The summed E-state index contributed by atoms with van der Waals surface area (Å²) in [7, 11) is 0. The first-order chi connectivity index (χ1) is 15.0. The van der Waals surface area contributed by atoms with Crippen LogP contribution in [-0.4, -0.2) is 16.2 Å². The fourth-order valence-corrected chi connectivity index (χ4v) is 3.79. The highest BCUT2D eigenvalue weighted by molar-refractivity contribution is 9.10. The maximum atomic E-state index is 5.84. The summed E-state index contributed by atoms with van der Waals surface area (Å²) in [4.78, 5) is 4.92. The third-order valence-corrected chi connectivity index (χ3v) is 6.02. The van der Waals surface area contributed by atoms with Crippen LogP contribution in [0.1, 0.15) is 36.5 Å². The van der Waals surface area contributed by atoms with Gasteiger partial charge in [0, 0.05) is 16.7 Å². The molecule has 0 fully saturated rings. The summed E-state index contributed by atoms with van der Waals surface area (Å²) in [5.74, 6) is 1.74. The maximum absolute atomic E-state index is 5.84. The average Bonchev–Trinajstić information content (AvgIpc) is 3.11. The van der Waals surface area contributed by atoms with Crippen molar-refractivity contribution in [2.75, 3.05) is 11.9 Å². The van der Waals surface area contributed by atoms with Crippen LogP contribution in [0.3, 0.4) is 0 Å². The van der Waals surface area contributed by atoms with Crippen molar-refractivity contribution in [1.82, 2.24) is 9.55 Å². The summed E-state index contributed by atoms with van der Waals surface area (Å²) in [6.45, 7) is 7.90. The summed E-state index contributed by atoms with van der Waals surface area (Å²) < 4.78 is 9.11. The third kappa shape index (κ3) is 4.93. The molecule has 4 nitrogen and oxygen atoms in total.